The van der Waals surface area contributed by atoms with Crippen LogP contribution in [0.4, 0.5) is 0 Å². The van der Waals surface area contributed by atoms with E-state index in [0.29, 0.717) is 24.0 Å². The van der Waals surface area contributed by atoms with Gasteiger partial charge in [0.15, 0.2) is 0 Å². The lowest BCUT2D eigenvalue weighted by atomic mass is 9.82. The van der Waals surface area contributed by atoms with Gasteiger partial charge in [0.05, 0.1) is 6.61 Å². The highest BCUT2D eigenvalue weighted by atomic mass is 16.5. The van der Waals surface area contributed by atoms with Gasteiger partial charge in [0.2, 0.25) is 5.91 Å². The molecule has 0 bridgehead atoms. The average Bonchev–Trinajstić information content (AvgIpc) is 2.34. The third kappa shape index (κ3) is 5.34. The van der Waals surface area contributed by atoms with Crippen LogP contribution in [0.1, 0.15) is 39.5 Å². The van der Waals surface area contributed by atoms with Crippen LogP contribution in [0.5, 0.6) is 0 Å². The molecule has 1 aliphatic carbocycles. The number of hydrogen-bond acceptors (Lipinski definition) is 3. The molecule has 0 aromatic heterocycles. The molecule has 0 unspecified atom stereocenters. The molecule has 0 aromatic rings. The Balaban J connectivity index is 2.17. The molecule has 0 atom stereocenters. The molecule has 1 saturated carbocycles. The van der Waals surface area contributed by atoms with Gasteiger partial charge in [-0.05, 0) is 44.4 Å². The van der Waals surface area contributed by atoms with Crippen LogP contribution < -0.4 is 5.32 Å². The Bertz CT molecular complexity index is 317. The summed E-state index contributed by atoms with van der Waals surface area (Å²) in [5, 5.41) is 2.86. The van der Waals surface area contributed by atoms with Gasteiger partial charge in [-0.15, -0.1) is 0 Å². The molecule has 1 amide bonds. The number of amides is 1. The fourth-order valence-corrected chi connectivity index (χ4v) is 2.21. The van der Waals surface area contributed by atoms with Crippen molar-refractivity contribution in [2.24, 2.45) is 11.8 Å². The van der Waals surface area contributed by atoms with Crippen LogP contribution in [-0.4, -0.2) is 25.0 Å². The number of carbonyl (C=O) groups excluding carboxylic acids is 2. The zero-order valence-electron chi connectivity index (χ0n) is 11.3. The van der Waals surface area contributed by atoms with E-state index in [1.54, 1.807) is 13.8 Å². The van der Waals surface area contributed by atoms with E-state index in [0.717, 1.165) is 32.2 Å². The van der Waals surface area contributed by atoms with E-state index < -0.39 is 0 Å². The number of rotatable bonds is 5. The van der Waals surface area contributed by atoms with Crippen LogP contribution in [0.15, 0.2) is 12.2 Å². The molecule has 0 saturated heterocycles. The topological polar surface area (TPSA) is 55.4 Å². The molecular weight excluding hydrogens is 230 g/mol. The van der Waals surface area contributed by atoms with Crippen molar-refractivity contribution >= 4 is 11.9 Å². The minimum absolute atomic E-state index is 0.0347. The molecular formula is C14H23NO3. The normalized spacial score (nSPS) is 23.2. The van der Waals surface area contributed by atoms with Gasteiger partial charge in [-0.1, -0.05) is 6.58 Å². The van der Waals surface area contributed by atoms with Crippen molar-refractivity contribution in [2.45, 2.75) is 39.5 Å². The smallest absolute Gasteiger partial charge is 0.333 e. The second-order valence-electron chi connectivity index (χ2n) is 5.20. The summed E-state index contributed by atoms with van der Waals surface area (Å²) in [5.41, 5.74) is 0.453. The van der Waals surface area contributed by atoms with Crippen LogP contribution >= 0.6 is 0 Å². The van der Waals surface area contributed by atoms with Gasteiger partial charge < -0.3 is 10.1 Å². The predicted octanol–water partition coefficient (Wildman–Crippen LogP) is 2.05. The second kappa shape index (κ2) is 7.19. The third-order valence-electron chi connectivity index (χ3n) is 3.40. The fraction of sp³-hybridized carbons (Fsp3) is 0.714. The molecule has 0 aliphatic heterocycles. The van der Waals surface area contributed by atoms with Gasteiger partial charge in [0, 0.05) is 19.0 Å². The van der Waals surface area contributed by atoms with Gasteiger partial charge in [-0.25, -0.2) is 4.79 Å². The zero-order valence-corrected chi connectivity index (χ0v) is 11.3. The summed E-state index contributed by atoms with van der Waals surface area (Å²) < 4.78 is 5.17. The molecule has 1 fully saturated rings. The average molecular weight is 253 g/mol. The Labute approximate surface area is 109 Å². The van der Waals surface area contributed by atoms with Crippen molar-refractivity contribution in [3.05, 3.63) is 12.2 Å². The standard InChI is InChI=1S/C14H23NO3/c1-10(2)14(17)18-9-13-6-4-12(5-7-13)8-15-11(3)16/h12-13H,1,4-9H2,2-3H3,(H,15,16). The highest BCUT2D eigenvalue weighted by Crippen LogP contribution is 2.28. The summed E-state index contributed by atoms with van der Waals surface area (Å²) in [7, 11) is 0. The van der Waals surface area contributed by atoms with Gasteiger partial charge in [-0.2, -0.15) is 0 Å². The molecule has 18 heavy (non-hydrogen) atoms. The predicted molar refractivity (Wildman–Crippen MR) is 69.9 cm³/mol. The van der Waals surface area contributed by atoms with Gasteiger partial charge in [-0.3, -0.25) is 4.79 Å². The Hall–Kier alpha value is -1.32. The Morgan fingerprint density at radius 1 is 1.17 bits per heavy atom. The van der Waals surface area contributed by atoms with E-state index in [9.17, 15) is 9.59 Å². The fourth-order valence-electron chi connectivity index (χ4n) is 2.21. The molecule has 1 rings (SSSR count). The molecule has 0 radical (unpaired) electrons. The van der Waals surface area contributed by atoms with E-state index in [1.165, 1.54) is 0 Å². The number of ether oxygens (including phenoxy) is 1. The first-order valence-electron chi connectivity index (χ1n) is 6.56. The highest BCUT2D eigenvalue weighted by molar-refractivity contribution is 5.86. The third-order valence-corrected chi connectivity index (χ3v) is 3.40. The summed E-state index contributed by atoms with van der Waals surface area (Å²) in [4.78, 5) is 22.1. The molecule has 4 heteroatoms. The quantitative estimate of drug-likeness (QED) is 0.602. The van der Waals surface area contributed by atoms with Gasteiger partial charge in [0.1, 0.15) is 0 Å². The van der Waals surface area contributed by atoms with Crippen LogP contribution in [-0.2, 0) is 14.3 Å². The van der Waals surface area contributed by atoms with Crippen molar-refractivity contribution in [1.29, 1.82) is 0 Å². The maximum atomic E-state index is 11.3. The number of nitrogens with one attached hydrogen (secondary N) is 1. The lowest BCUT2D eigenvalue weighted by molar-refractivity contribution is -0.140. The van der Waals surface area contributed by atoms with Crippen LogP contribution in [0.25, 0.3) is 0 Å². The SMILES string of the molecule is C=C(C)C(=O)OCC1CCC(CNC(C)=O)CC1. The van der Waals surface area contributed by atoms with Crippen LogP contribution in [0, 0.1) is 11.8 Å². The van der Waals surface area contributed by atoms with E-state index in [2.05, 4.69) is 11.9 Å². The van der Waals surface area contributed by atoms with Gasteiger partial charge in [0.25, 0.3) is 0 Å². The summed E-state index contributed by atoms with van der Waals surface area (Å²) in [6, 6.07) is 0. The summed E-state index contributed by atoms with van der Waals surface area (Å²) in [6.45, 7) is 8.03. The van der Waals surface area contributed by atoms with Crippen molar-refractivity contribution in [3.63, 3.8) is 0 Å². The largest absolute Gasteiger partial charge is 0.462 e. The van der Waals surface area contributed by atoms with E-state index in [-0.39, 0.29) is 11.9 Å². The second-order valence-corrected chi connectivity index (χ2v) is 5.20. The molecule has 0 aromatic carbocycles. The zero-order chi connectivity index (χ0) is 13.5. The molecule has 0 spiro atoms. The minimum atomic E-state index is -0.296. The maximum absolute atomic E-state index is 11.3. The van der Waals surface area contributed by atoms with Crippen LogP contribution in [0.3, 0.4) is 0 Å². The molecule has 1 aliphatic rings. The molecule has 102 valence electrons. The Kier molecular flexibility index (Phi) is 5.89. The van der Waals surface area contributed by atoms with Crippen molar-refractivity contribution in [1.82, 2.24) is 5.32 Å². The number of esters is 1. The first kappa shape index (κ1) is 14.7. The van der Waals surface area contributed by atoms with E-state index >= 15 is 0 Å². The number of carbonyl (C=O) groups is 2. The van der Waals surface area contributed by atoms with E-state index in [4.69, 9.17) is 4.74 Å². The number of hydrogen-bond donors (Lipinski definition) is 1. The Morgan fingerprint density at radius 2 is 1.72 bits per heavy atom. The van der Waals surface area contributed by atoms with E-state index in [1.807, 2.05) is 0 Å². The molecule has 1 N–H and O–H groups in total. The van der Waals surface area contributed by atoms with Crippen molar-refractivity contribution in [3.8, 4) is 0 Å². The summed E-state index contributed by atoms with van der Waals surface area (Å²) >= 11 is 0. The van der Waals surface area contributed by atoms with Crippen LogP contribution in [0.2, 0.25) is 0 Å². The lowest BCUT2D eigenvalue weighted by Crippen LogP contribution is -2.30. The Morgan fingerprint density at radius 3 is 2.22 bits per heavy atom. The molecule has 4 nitrogen and oxygen atoms in total. The maximum Gasteiger partial charge on any atom is 0.333 e. The summed E-state index contributed by atoms with van der Waals surface area (Å²) in [6.07, 6.45) is 4.31. The monoisotopic (exact) mass is 253 g/mol. The van der Waals surface area contributed by atoms with Crippen molar-refractivity contribution in [2.75, 3.05) is 13.2 Å². The minimum Gasteiger partial charge on any atom is -0.462 e. The first-order chi connectivity index (χ1) is 8.49. The highest BCUT2D eigenvalue weighted by Gasteiger charge is 2.22. The first-order valence-corrected chi connectivity index (χ1v) is 6.56. The molecule has 0 heterocycles. The van der Waals surface area contributed by atoms with Crippen molar-refractivity contribution < 1.29 is 14.3 Å². The summed E-state index contributed by atoms with van der Waals surface area (Å²) in [5.74, 6) is 0.770. The lowest BCUT2D eigenvalue weighted by Gasteiger charge is -2.28. The van der Waals surface area contributed by atoms with Gasteiger partial charge >= 0.3 is 5.97 Å².